The van der Waals surface area contributed by atoms with Crippen molar-refractivity contribution in [3.8, 4) is 11.8 Å². The Bertz CT molecular complexity index is 654. The largest absolute Gasteiger partial charge is 0.320 e. The van der Waals surface area contributed by atoms with E-state index in [-0.39, 0.29) is 16.9 Å². The predicted octanol–water partition coefficient (Wildman–Crippen LogP) is 1.32. The molecule has 5 heteroatoms. The Kier molecular flexibility index (Phi) is 4.19. The van der Waals surface area contributed by atoms with Crippen LogP contribution in [0, 0.1) is 23.2 Å². The lowest BCUT2D eigenvalue weighted by Gasteiger charge is -2.09. The number of benzene rings is 1. The lowest BCUT2D eigenvalue weighted by Crippen LogP contribution is -2.27. The first-order chi connectivity index (χ1) is 9.37. The van der Waals surface area contributed by atoms with Crippen molar-refractivity contribution in [2.45, 2.75) is 25.2 Å². The van der Waals surface area contributed by atoms with Crippen molar-refractivity contribution in [2.24, 2.45) is 17.1 Å². The first-order valence-electron chi connectivity index (χ1n) is 6.64. The number of rotatable bonds is 4. The van der Waals surface area contributed by atoms with Gasteiger partial charge in [-0.1, -0.05) is 37.8 Å². The van der Waals surface area contributed by atoms with E-state index >= 15 is 0 Å². The van der Waals surface area contributed by atoms with Crippen LogP contribution in [-0.4, -0.2) is 21.5 Å². The summed E-state index contributed by atoms with van der Waals surface area (Å²) in [5.41, 5.74) is 6.07. The second-order valence-electron chi connectivity index (χ2n) is 5.74. The van der Waals surface area contributed by atoms with Gasteiger partial charge in [0.15, 0.2) is 0 Å². The molecule has 1 fully saturated rings. The molecule has 2 rings (SSSR count). The van der Waals surface area contributed by atoms with E-state index in [4.69, 9.17) is 5.73 Å². The Hall–Kier alpha value is -1.35. The summed E-state index contributed by atoms with van der Waals surface area (Å²) in [6.07, 6.45) is 1.06. The second-order valence-corrected chi connectivity index (χ2v) is 7.48. The van der Waals surface area contributed by atoms with E-state index in [2.05, 4.69) is 30.4 Å². The Balaban J connectivity index is 2.17. The SMILES string of the molecule is CC1(C)CC1CNS(=O)(=O)c1ccccc1C#CCN. The summed E-state index contributed by atoms with van der Waals surface area (Å²) in [5.74, 6) is 5.91. The van der Waals surface area contributed by atoms with Gasteiger partial charge in [0.25, 0.3) is 0 Å². The Morgan fingerprint density at radius 1 is 1.40 bits per heavy atom. The third kappa shape index (κ3) is 3.40. The zero-order chi connectivity index (χ0) is 14.8. The Labute approximate surface area is 120 Å². The zero-order valence-corrected chi connectivity index (χ0v) is 12.6. The quantitative estimate of drug-likeness (QED) is 0.822. The molecule has 108 valence electrons. The fourth-order valence-corrected chi connectivity index (χ4v) is 3.41. The number of hydrogen-bond donors (Lipinski definition) is 2. The monoisotopic (exact) mass is 292 g/mol. The standard InChI is InChI=1S/C15H20N2O2S/c1-15(2)10-13(15)11-17-20(18,19)14-8-4-3-6-12(14)7-5-9-16/h3-4,6,8,13,17H,9-11,16H2,1-2H3. The average Bonchev–Trinajstić information content (AvgIpc) is 3.02. The van der Waals surface area contributed by atoms with Crippen molar-refractivity contribution < 1.29 is 8.42 Å². The Morgan fingerprint density at radius 3 is 2.65 bits per heavy atom. The average molecular weight is 292 g/mol. The summed E-state index contributed by atoms with van der Waals surface area (Å²) in [6.45, 7) is 4.98. The molecule has 0 saturated heterocycles. The van der Waals surface area contributed by atoms with Crippen LogP contribution in [0.4, 0.5) is 0 Å². The molecular formula is C15H20N2O2S. The minimum Gasteiger partial charge on any atom is -0.320 e. The molecule has 4 nitrogen and oxygen atoms in total. The molecule has 0 bridgehead atoms. The van der Waals surface area contributed by atoms with Crippen LogP contribution in [0.25, 0.3) is 0 Å². The molecule has 0 radical (unpaired) electrons. The van der Waals surface area contributed by atoms with E-state index < -0.39 is 10.0 Å². The first kappa shape index (κ1) is 15.0. The highest BCUT2D eigenvalue weighted by Crippen LogP contribution is 2.51. The van der Waals surface area contributed by atoms with Crippen LogP contribution in [0.15, 0.2) is 29.2 Å². The van der Waals surface area contributed by atoms with Gasteiger partial charge >= 0.3 is 0 Å². The van der Waals surface area contributed by atoms with Gasteiger partial charge in [-0.3, -0.25) is 0 Å². The molecule has 1 aliphatic rings. The van der Waals surface area contributed by atoms with Gasteiger partial charge in [0.2, 0.25) is 10.0 Å². The summed E-state index contributed by atoms with van der Waals surface area (Å²) < 4.78 is 27.4. The summed E-state index contributed by atoms with van der Waals surface area (Å²) in [5, 5.41) is 0. The maximum Gasteiger partial charge on any atom is 0.241 e. The lowest BCUT2D eigenvalue weighted by atomic mass is 10.1. The van der Waals surface area contributed by atoms with E-state index in [9.17, 15) is 8.42 Å². The van der Waals surface area contributed by atoms with E-state index in [1.165, 1.54) is 0 Å². The van der Waals surface area contributed by atoms with Crippen LogP contribution >= 0.6 is 0 Å². The van der Waals surface area contributed by atoms with E-state index in [1.54, 1.807) is 24.3 Å². The highest BCUT2D eigenvalue weighted by atomic mass is 32.2. The van der Waals surface area contributed by atoms with Crippen LogP contribution in [-0.2, 0) is 10.0 Å². The molecule has 1 atom stereocenters. The van der Waals surface area contributed by atoms with Gasteiger partial charge in [-0.05, 0) is 29.9 Å². The van der Waals surface area contributed by atoms with Crippen molar-refractivity contribution in [1.82, 2.24) is 4.72 Å². The van der Waals surface area contributed by atoms with Crippen molar-refractivity contribution in [2.75, 3.05) is 13.1 Å². The number of sulfonamides is 1. The molecule has 1 aliphatic carbocycles. The van der Waals surface area contributed by atoms with Crippen molar-refractivity contribution in [3.05, 3.63) is 29.8 Å². The molecule has 1 saturated carbocycles. The second kappa shape index (κ2) is 5.57. The van der Waals surface area contributed by atoms with Gasteiger partial charge in [-0.25, -0.2) is 13.1 Å². The van der Waals surface area contributed by atoms with Crippen molar-refractivity contribution in [1.29, 1.82) is 0 Å². The van der Waals surface area contributed by atoms with E-state index in [0.29, 0.717) is 18.0 Å². The summed E-state index contributed by atoms with van der Waals surface area (Å²) in [7, 11) is -3.52. The van der Waals surface area contributed by atoms with Crippen LogP contribution in [0.1, 0.15) is 25.8 Å². The molecule has 0 aliphatic heterocycles. The molecule has 1 unspecified atom stereocenters. The fraction of sp³-hybridized carbons (Fsp3) is 0.467. The number of nitrogens with one attached hydrogen (secondary N) is 1. The molecule has 0 heterocycles. The number of nitrogens with two attached hydrogens (primary N) is 1. The maximum absolute atomic E-state index is 12.3. The highest BCUT2D eigenvalue weighted by molar-refractivity contribution is 7.89. The molecule has 3 N–H and O–H groups in total. The van der Waals surface area contributed by atoms with Gasteiger partial charge < -0.3 is 5.73 Å². The molecular weight excluding hydrogens is 272 g/mol. The fourth-order valence-electron chi connectivity index (χ4n) is 2.16. The zero-order valence-electron chi connectivity index (χ0n) is 11.8. The van der Waals surface area contributed by atoms with Crippen molar-refractivity contribution >= 4 is 10.0 Å². The summed E-state index contributed by atoms with van der Waals surface area (Å²) >= 11 is 0. The summed E-state index contributed by atoms with van der Waals surface area (Å²) in [6, 6.07) is 6.73. The van der Waals surface area contributed by atoms with Gasteiger partial charge in [0, 0.05) is 12.1 Å². The van der Waals surface area contributed by atoms with Crippen LogP contribution in [0.5, 0.6) is 0 Å². The highest BCUT2D eigenvalue weighted by Gasteiger charge is 2.45. The molecule has 0 aromatic heterocycles. The third-order valence-corrected chi connectivity index (χ3v) is 5.22. The summed E-state index contributed by atoms with van der Waals surface area (Å²) in [4.78, 5) is 0.222. The van der Waals surface area contributed by atoms with Crippen LogP contribution in [0.2, 0.25) is 0 Å². The topological polar surface area (TPSA) is 72.2 Å². The minimum atomic E-state index is -3.52. The molecule has 20 heavy (non-hydrogen) atoms. The van der Waals surface area contributed by atoms with Crippen LogP contribution in [0.3, 0.4) is 0 Å². The van der Waals surface area contributed by atoms with Gasteiger partial charge in [-0.2, -0.15) is 0 Å². The maximum atomic E-state index is 12.3. The lowest BCUT2D eigenvalue weighted by molar-refractivity contribution is 0.537. The van der Waals surface area contributed by atoms with Crippen molar-refractivity contribution in [3.63, 3.8) is 0 Å². The van der Waals surface area contributed by atoms with Crippen LogP contribution < -0.4 is 10.5 Å². The van der Waals surface area contributed by atoms with E-state index in [0.717, 1.165) is 6.42 Å². The Morgan fingerprint density at radius 2 is 2.05 bits per heavy atom. The minimum absolute atomic E-state index is 0.206. The molecule has 1 aromatic carbocycles. The van der Waals surface area contributed by atoms with Gasteiger partial charge in [0.1, 0.15) is 0 Å². The molecule has 0 amide bonds. The molecule has 0 spiro atoms. The third-order valence-electron chi connectivity index (χ3n) is 3.74. The normalized spacial score (nSPS) is 20.1. The van der Waals surface area contributed by atoms with E-state index in [1.807, 2.05) is 0 Å². The smallest absolute Gasteiger partial charge is 0.241 e. The first-order valence-corrected chi connectivity index (χ1v) is 8.13. The number of hydrogen-bond acceptors (Lipinski definition) is 3. The predicted molar refractivity (Wildman–Crippen MR) is 79.5 cm³/mol. The van der Waals surface area contributed by atoms with Gasteiger partial charge in [0.05, 0.1) is 11.4 Å². The van der Waals surface area contributed by atoms with Gasteiger partial charge in [-0.15, -0.1) is 0 Å². The molecule has 1 aromatic rings.